The summed E-state index contributed by atoms with van der Waals surface area (Å²) >= 11 is 5.91. The van der Waals surface area contributed by atoms with Gasteiger partial charge in [0, 0.05) is 10.8 Å². The molecule has 0 aromatic rings. The van der Waals surface area contributed by atoms with Crippen LogP contribution in [0.1, 0.15) is 104 Å². The molecule has 1 heteroatoms. The SMILES string of the molecule is CC1CCC(CCC2(C#CCl)CCC(C3CCC(C)CC3)CC2)CC1. The molecule has 0 aromatic carbocycles. The van der Waals surface area contributed by atoms with E-state index in [-0.39, 0.29) is 5.41 Å². The minimum atomic E-state index is 0.253. The van der Waals surface area contributed by atoms with Crippen LogP contribution in [0, 0.1) is 46.3 Å². The van der Waals surface area contributed by atoms with Gasteiger partial charge >= 0.3 is 0 Å². The van der Waals surface area contributed by atoms with Crippen LogP contribution < -0.4 is 0 Å². The average Bonchev–Trinajstić information content (AvgIpc) is 2.63. The summed E-state index contributed by atoms with van der Waals surface area (Å²) in [5, 5.41) is 2.80. The Kier molecular flexibility index (Phi) is 7.19. The average molecular weight is 363 g/mol. The maximum Gasteiger partial charge on any atom is 0.0327 e. The van der Waals surface area contributed by atoms with Gasteiger partial charge in [-0.05, 0) is 92.6 Å². The van der Waals surface area contributed by atoms with Crippen LogP contribution in [-0.2, 0) is 0 Å². The van der Waals surface area contributed by atoms with Crippen molar-refractivity contribution in [2.75, 3.05) is 0 Å². The minimum absolute atomic E-state index is 0.253. The largest absolute Gasteiger partial charge is 0.0791 e. The molecule has 0 bridgehead atoms. The first-order valence-corrected chi connectivity index (χ1v) is 11.6. The van der Waals surface area contributed by atoms with E-state index in [0.29, 0.717) is 0 Å². The van der Waals surface area contributed by atoms with Gasteiger partial charge in [-0.2, -0.15) is 0 Å². The molecule has 3 saturated carbocycles. The van der Waals surface area contributed by atoms with E-state index < -0.39 is 0 Å². The van der Waals surface area contributed by atoms with Crippen molar-refractivity contribution >= 4 is 11.6 Å². The zero-order valence-electron chi connectivity index (χ0n) is 16.7. The summed E-state index contributed by atoms with van der Waals surface area (Å²) in [7, 11) is 0. The Bertz CT molecular complexity index is 446. The molecule has 3 aliphatic rings. The smallest absolute Gasteiger partial charge is 0.0327 e. The van der Waals surface area contributed by atoms with Crippen LogP contribution in [-0.4, -0.2) is 0 Å². The number of rotatable bonds is 4. The van der Waals surface area contributed by atoms with Crippen molar-refractivity contribution in [3.05, 3.63) is 0 Å². The summed E-state index contributed by atoms with van der Waals surface area (Å²) in [6.45, 7) is 4.86. The lowest BCUT2D eigenvalue weighted by molar-refractivity contribution is 0.114. The van der Waals surface area contributed by atoms with Crippen LogP contribution >= 0.6 is 11.6 Å². The number of hydrogen-bond acceptors (Lipinski definition) is 0. The Labute approximate surface area is 161 Å². The Morgan fingerprint density at radius 3 is 1.84 bits per heavy atom. The normalized spacial score (nSPS) is 42.4. The molecule has 0 unspecified atom stereocenters. The monoisotopic (exact) mass is 362 g/mol. The molecule has 3 rings (SSSR count). The van der Waals surface area contributed by atoms with Gasteiger partial charge in [0.2, 0.25) is 0 Å². The second kappa shape index (κ2) is 9.17. The van der Waals surface area contributed by atoms with Crippen LogP contribution in [0.15, 0.2) is 0 Å². The van der Waals surface area contributed by atoms with Gasteiger partial charge in [-0.25, -0.2) is 0 Å². The maximum atomic E-state index is 5.91. The lowest BCUT2D eigenvalue weighted by atomic mass is 9.63. The standard InChI is InChI=1S/C24H39Cl/c1-19-3-7-21(8-4-19)11-14-24(17-18-25)15-12-23(13-16-24)22-9-5-20(2)6-10-22/h19-23H,3-16H2,1-2H3. The second-order valence-electron chi connectivity index (χ2n) is 10.0. The van der Waals surface area contributed by atoms with Gasteiger partial charge in [-0.15, -0.1) is 0 Å². The molecule has 0 amide bonds. The Morgan fingerprint density at radius 2 is 1.28 bits per heavy atom. The highest BCUT2D eigenvalue weighted by Crippen LogP contribution is 2.48. The molecule has 0 aromatic heterocycles. The molecule has 0 saturated heterocycles. The summed E-state index contributed by atoms with van der Waals surface area (Å²) in [4.78, 5) is 0. The summed E-state index contributed by atoms with van der Waals surface area (Å²) in [6, 6.07) is 0. The Balaban J connectivity index is 1.49. The third-order valence-electron chi connectivity index (χ3n) is 8.19. The van der Waals surface area contributed by atoms with Crippen molar-refractivity contribution in [3.63, 3.8) is 0 Å². The van der Waals surface area contributed by atoms with Crippen molar-refractivity contribution in [1.29, 1.82) is 0 Å². The van der Waals surface area contributed by atoms with Crippen LogP contribution in [0.3, 0.4) is 0 Å². The third kappa shape index (κ3) is 5.42. The van der Waals surface area contributed by atoms with Crippen molar-refractivity contribution in [1.82, 2.24) is 0 Å². The van der Waals surface area contributed by atoms with Crippen LogP contribution in [0.2, 0.25) is 0 Å². The van der Waals surface area contributed by atoms with Gasteiger partial charge < -0.3 is 0 Å². The van der Waals surface area contributed by atoms with Crippen molar-refractivity contribution in [3.8, 4) is 11.3 Å². The number of halogens is 1. The van der Waals surface area contributed by atoms with Gasteiger partial charge in [0.15, 0.2) is 0 Å². The van der Waals surface area contributed by atoms with Crippen molar-refractivity contribution in [2.45, 2.75) is 104 Å². The third-order valence-corrected chi connectivity index (χ3v) is 8.29. The zero-order valence-corrected chi connectivity index (χ0v) is 17.4. The van der Waals surface area contributed by atoms with E-state index in [1.165, 1.54) is 89.9 Å². The molecular formula is C24H39Cl. The molecule has 3 fully saturated rings. The predicted octanol–water partition coefficient (Wildman–Crippen LogP) is 7.80. The Hall–Kier alpha value is -0.150. The first-order chi connectivity index (χ1) is 12.1. The Morgan fingerprint density at radius 1 is 0.760 bits per heavy atom. The fourth-order valence-electron chi connectivity index (χ4n) is 6.06. The highest BCUT2D eigenvalue weighted by atomic mass is 35.5. The van der Waals surface area contributed by atoms with Crippen molar-refractivity contribution < 1.29 is 0 Å². The summed E-state index contributed by atoms with van der Waals surface area (Å²) in [5.41, 5.74) is 0.253. The highest BCUT2D eigenvalue weighted by molar-refractivity contribution is 6.30. The molecule has 0 aliphatic heterocycles. The van der Waals surface area contributed by atoms with Gasteiger partial charge in [0.25, 0.3) is 0 Å². The molecule has 3 aliphatic carbocycles. The van der Waals surface area contributed by atoms with Crippen LogP contribution in [0.4, 0.5) is 0 Å². The van der Waals surface area contributed by atoms with Crippen LogP contribution in [0.25, 0.3) is 0 Å². The molecule has 0 atom stereocenters. The van der Waals surface area contributed by atoms with E-state index in [2.05, 4.69) is 25.1 Å². The van der Waals surface area contributed by atoms with Gasteiger partial charge in [-0.3, -0.25) is 0 Å². The summed E-state index contributed by atoms with van der Waals surface area (Å²) in [5.74, 6) is 8.38. The predicted molar refractivity (Wildman–Crippen MR) is 109 cm³/mol. The fraction of sp³-hybridized carbons (Fsp3) is 0.917. The minimum Gasteiger partial charge on any atom is -0.0791 e. The topological polar surface area (TPSA) is 0 Å². The fourth-order valence-corrected chi connectivity index (χ4v) is 6.26. The van der Waals surface area contributed by atoms with E-state index in [9.17, 15) is 0 Å². The lowest BCUT2D eigenvalue weighted by Crippen LogP contribution is -2.31. The van der Waals surface area contributed by atoms with Gasteiger partial charge in [0.1, 0.15) is 0 Å². The second-order valence-corrected chi connectivity index (χ2v) is 10.2. The summed E-state index contributed by atoms with van der Waals surface area (Å²) < 4.78 is 0. The van der Waals surface area contributed by atoms with E-state index in [1.807, 2.05) is 0 Å². The van der Waals surface area contributed by atoms with E-state index in [1.54, 1.807) is 0 Å². The molecule has 142 valence electrons. The molecule has 0 spiro atoms. The van der Waals surface area contributed by atoms with E-state index >= 15 is 0 Å². The molecular weight excluding hydrogens is 324 g/mol. The zero-order chi connectivity index (χ0) is 17.7. The van der Waals surface area contributed by atoms with Crippen molar-refractivity contribution in [2.24, 2.45) is 35.0 Å². The maximum absolute atomic E-state index is 5.91. The lowest BCUT2D eigenvalue weighted by Gasteiger charge is -2.42. The van der Waals surface area contributed by atoms with Gasteiger partial charge in [-0.1, -0.05) is 58.3 Å². The van der Waals surface area contributed by atoms with E-state index in [4.69, 9.17) is 11.6 Å². The molecule has 0 heterocycles. The first kappa shape index (κ1) is 19.6. The highest BCUT2D eigenvalue weighted by Gasteiger charge is 2.37. The quantitative estimate of drug-likeness (QED) is 0.447. The summed E-state index contributed by atoms with van der Waals surface area (Å²) in [6.07, 6.45) is 19.8. The molecule has 25 heavy (non-hydrogen) atoms. The van der Waals surface area contributed by atoms with Crippen LogP contribution in [0.5, 0.6) is 0 Å². The van der Waals surface area contributed by atoms with E-state index in [0.717, 1.165) is 29.6 Å². The molecule has 0 N–H and O–H groups in total. The molecule has 0 nitrogen and oxygen atoms in total. The first-order valence-electron chi connectivity index (χ1n) is 11.2. The number of hydrogen-bond donors (Lipinski definition) is 0. The van der Waals surface area contributed by atoms with Gasteiger partial charge in [0.05, 0.1) is 0 Å². The molecule has 0 radical (unpaired) electrons.